The summed E-state index contributed by atoms with van der Waals surface area (Å²) >= 11 is 15.8. The van der Waals surface area contributed by atoms with Gasteiger partial charge in [0.25, 0.3) is 5.91 Å². The number of amides is 1. The van der Waals surface area contributed by atoms with Crippen LogP contribution in [0.15, 0.2) is 58.2 Å². The molecule has 1 N–H and O–H groups in total. The lowest BCUT2D eigenvalue weighted by molar-refractivity contribution is -0.124. The summed E-state index contributed by atoms with van der Waals surface area (Å²) in [6.45, 7) is 1.43. The molecule has 1 aromatic heterocycles. The summed E-state index contributed by atoms with van der Waals surface area (Å²) in [7, 11) is -3.82. The smallest absolute Gasteiger partial charge is 0.260 e. The van der Waals surface area contributed by atoms with Crippen LogP contribution in [-0.4, -0.2) is 41.3 Å². The maximum atomic E-state index is 13.9. The van der Waals surface area contributed by atoms with Crippen LogP contribution in [0.25, 0.3) is 0 Å². The lowest BCUT2D eigenvalue weighted by atomic mass is 9.92. The Morgan fingerprint density at radius 3 is 2.36 bits per heavy atom. The Bertz CT molecular complexity index is 1310. The van der Waals surface area contributed by atoms with Gasteiger partial charge in [-0.3, -0.25) is 9.36 Å². The lowest BCUT2D eigenvalue weighted by Gasteiger charge is -2.26. The van der Waals surface area contributed by atoms with E-state index in [9.17, 15) is 13.2 Å². The van der Waals surface area contributed by atoms with Crippen molar-refractivity contribution in [2.45, 2.75) is 30.3 Å². The van der Waals surface area contributed by atoms with E-state index in [4.69, 9.17) is 28.3 Å². The average Bonchev–Trinajstić information content (AvgIpc) is 3.27. The first-order chi connectivity index (χ1) is 15.6. The van der Waals surface area contributed by atoms with Gasteiger partial charge in [0.1, 0.15) is 5.54 Å². The molecule has 4 rings (SSSR count). The number of carbonyl (C=O) groups is 1. The van der Waals surface area contributed by atoms with Gasteiger partial charge in [-0.15, -0.1) is 0 Å². The van der Waals surface area contributed by atoms with Crippen LogP contribution in [0, 0.1) is 0 Å². The van der Waals surface area contributed by atoms with Crippen LogP contribution >= 0.6 is 39.1 Å². The number of imidazole rings is 1. The standard InChI is InChI=1S/C22H20BrCl2N3O4S/c1-22(12-14-3-5-15(23)6-4-14)20(30)27(18-10-16(24)9-17(25)11-18)21-26-13-19(28(21)22)33(31,32)8-2-7-29/h3-6,9-11,13,29H,2,7-8,12H2,1H3/t22-/m1/s1. The first-order valence-corrected chi connectivity index (χ1v) is 13.2. The highest BCUT2D eigenvalue weighted by Gasteiger charge is 2.51. The molecular formula is C22H20BrCl2N3O4S. The van der Waals surface area contributed by atoms with E-state index in [2.05, 4.69) is 20.9 Å². The average molecular weight is 573 g/mol. The number of halogens is 3. The molecule has 0 spiro atoms. The first kappa shape index (κ1) is 24.2. The molecule has 2 heterocycles. The van der Waals surface area contributed by atoms with Gasteiger partial charge in [-0.1, -0.05) is 51.3 Å². The maximum Gasteiger partial charge on any atom is 0.260 e. The summed E-state index contributed by atoms with van der Waals surface area (Å²) in [5, 5.41) is 9.74. The number of hydrogen-bond donors (Lipinski definition) is 1. The Morgan fingerprint density at radius 2 is 1.76 bits per heavy atom. The Kier molecular flexibility index (Phi) is 6.63. The molecule has 1 amide bonds. The molecular weight excluding hydrogens is 553 g/mol. The number of benzene rings is 2. The summed E-state index contributed by atoms with van der Waals surface area (Å²) in [4.78, 5) is 19.5. The summed E-state index contributed by atoms with van der Waals surface area (Å²) < 4.78 is 28.6. The van der Waals surface area contributed by atoms with E-state index in [-0.39, 0.29) is 42.1 Å². The third-order valence-corrected chi connectivity index (χ3v) is 8.24. The Morgan fingerprint density at radius 1 is 1.12 bits per heavy atom. The molecule has 1 aliphatic rings. The van der Waals surface area contributed by atoms with Crippen molar-refractivity contribution < 1.29 is 18.3 Å². The predicted octanol–water partition coefficient (Wildman–Crippen LogP) is 4.74. The zero-order chi connectivity index (χ0) is 24.0. The van der Waals surface area contributed by atoms with Gasteiger partial charge in [0.05, 0.1) is 17.6 Å². The molecule has 0 saturated heterocycles. The molecule has 174 valence electrons. The highest BCUT2D eigenvalue weighted by molar-refractivity contribution is 9.10. The molecule has 0 fully saturated rings. The SMILES string of the molecule is C[C@@]1(Cc2ccc(Br)cc2)C(=O)N(c2cc(Cl)cc(Cl)c2)c2ncc(S(=O)(=O)CCCO)n21. The van der Waals surface area contributed by atoms with Crippen LogP contribution in [0.2, 0.25) is 10.0 Å². The number of carbonyl (C=O) groups excluding carboxylic acids is 1. The molecule has 33 heavy (non-hydrogen) atoms. The van der Waals surface area contributed by atoms with Gasteiger partial charge in [-0.05, 0) is 49.2 Å². The Labute approximate surface area is 210 Å². The van der Waals surface area contributed by atoms with Gasteiger partial charge in [-0.25, -0.2) is 18.3 Å². The van der Waals surface area contributed by atoms with Crippen LogP contribution in [-0.2, 0) is 26.6 Å². The molecule has 0 aliphatic carbocycles. The van der Waals surface area contributed by atoms with Gasteiger partial charge in [0.15, 0.2) is 14.9 Å². The van der Waals surface area contributed by atoms with Crippen molar-refractivity contribution in [2.75, 3.05) is 17.3 Å². The van der Waals surface area contributed by atoms with Crippen LogP contribution in [0.5, 0.6) is 0 Å². The monoisotopic (exact) mass is 571 g/mol. The fourth-order valence-corrected chi connectivity index (χ4v) is 6.28. The molecule has 0 radical (unpaired) electrons. The molecule has 1 atom stereocenters. The van der Waals surface area contributed by atoms with E-state index in [1.807, 2.05) is 24.3 Å². The lowest BCUT2D eigenvalue weighted by Crippen LogP contribution is -2.42. The van der Waals surface area contributed by atoms with E-state index in [1.165, 1.54) is 15.7 Å². The predicted molar refractivity (Wildman–Crippen MR) is 131 cm³/mol. The summed E-state index contributed by atoms with van der Waals surface area (Å²) in [6, 6.07) is 12.2. The maximum absolute atomic E-state index is 13.9. The van der Waals surface area contributed by atoms with Crippen LogP contribution in [0.1, 0.15) is 18.9 Å². The second-order valence-corrected chi connectivity index (χ2v) is 11.8. The van der Waals surface area contributed by atoms with Gasteiger partial charge in [-0.2, -0.15) is 0 Å². The second-order valence-electron chi connectivity index (χ2n) is 7.97. The number of rotatable bonds is 7. The topological polar surface area (TPSA) is 92.5 Å². The minimum Gasteiger partial charge on any atom is -0.396 e. The zero-order valence-electron chi connectivity index (χ0n) is 17.5. The molecule has 0 saturated carbocycles. The van der Waals surface area contributed by atoms with Gasteiger partial charge in [0.2, 0.25) is 5.95 Å². The van der Waals surface area contributed by atoms with Gasteiger partial charge in [0, 0.05) is 27.5 Å². The zero-order valence-corrected chi connectivity index (χ0v) is 21.4. The molecule has 1 aliphatic heterocycles. The van der Waals surface area contributed by atoms with E-state index in [1.54, 1.807) is 25.1 Å². The van der Waals surface area contributed by atoms with Crippen molar-refractivity contribution in [1.82, 2.24) is 9.55 Å². The number of sulfone groups is 1. The van der Waals surface area contributed by atoms with E-state index in [0.29, 0.717) is 15.7 Å². The summed E-state index contributed by atoms with van der Waals surface area (Å²) in [6.07, 6.45) is 1.57. The molecule has 7 nitrogen and oxygen atoms in total. The van der Waals surface area contributed by atoms with E-state index >= 15 is 0 Å². The largest absolute Gasteiger partial charge is 0.396 e. The minimum absolute atomic E-state index is 0.0745. The number of hydrogen-bond acceptors (Lipinski definition) is 5. The third kappa shape index (κ3) is 4.44. The molecule has 0 bridgehead atoms. The minimum atomic E-state index is -3.82. The van der Waals surface area contributed by atoms with Crippen molar-refractivity contribution in [1.29, 1.82) is 0 Å². The van der Waals surface area contributed by atoms with Crippen molar-refractivity contribution in [3.8, 4) is 0 Å². The van der Waals surface area contributed by atoms with Crippen molar-refractivity contribution in [3.05, 3.63) is 68.7 Å². The quantitative estimate of drug-likeness (QED) is 0.441. The van der Waals surface area contributed by atoms with Crippen LogP contribution in [0.3, 0.4) is 0 Å². The fraction of sp³-hybridized carbons (Fsp3) is 0.273. The number of nitrogens with zero attached hydrogens (tertiary/aromatic N) is 3. The normalized spacial score (nSPS) is 18.1. The fourth-order valence-electron chi connectivity index (χ4n) is 4.01. The Hall–Kier alpha value is -1.91. The Balaban J connectivity index is 1.90. The summed E-state index contributed by atoms with van der Waals surface area (Å²) in [5.41, 5.74) is -0.0441. The van der Waals surface area contributed by atoms with Crippen molar-refractivity contribution in [2.24, 2.45) is 0 Å². The number of aliphatic hydroxyl groups is 1. The number of aromatic nitrogens is 2. The molecule has 11 heteroatoms. The number of fused-ring (bicyclic) bond motifs is 1. The first-order valence-electron chi connectivity index (χ1n) is 10.0. The highest BCUT2D eigenvalue weighted by Crippen LogP contribution is 2.44. The summed E-state index contributed by atoms with van der Waals surface area (Å²) in [5.74, 6) is -0.453. The molecule has 3 aromatic rings. The number of anilines is 2. The van der Waals surface area contributed by atoms with Crippen LogP contribution in [0.4, 0.5) is 11.6 Å². The second kappa shape index (κ2) is 9.03. The molecule has 2 aromatic carbocycles. The van der Waals surface area contributed by atoms with Crippen LogP contribution < -0.4 is 4.90 Å². The van der Waals surface area contributed by atoms with Gasteiger partial charge < -0.3 is 5.11 Å². The van der Waals surface area contributed by atoms with Crippen molar-refractivity contribution in [3.63, 3.8) is 0 Å². The van der Waals surface area contributed by atoms with Gasteiger partial charge >= 0.3 is 0 Å². The molecule has 0 unspecified atom stereocenters. The number of aliphatic hydroxyl groups excluding tert-OH is 1. The third-order valence-electron chi connectivity index (χ3n) is 5.53. The van der Waals surface area contributed by atoms with Crippen molar-refractivity contribution >= 4 is 66.5 Å². The highest BCUT2D eigenvalue weighted by atomic mass is 79.9. The van der Waals surface area contributed by atoms with E-state index < -0.39 is 15.4 Å². The van der Waals surface area contributed by atoms with E-state index in [0.717, 1.165) is 10.0 Å².